The monoisotopic (exact) mass is 335 g/mol. The fraction of sp³-hybridized carbons (Fsp3) is 0.400. The summed E-state index contributed by atoms with van der Waals surface area (Å²) in [4.78, 5) is 7.01. The highest BCUT2D eigenvalue weighted by Gasteiger charge is 2.19. The Hall–Kier alpha value is -2.40. The van der Waals surface area contributed by atoms with Gasteiger partial charge in [0, 0.05) is 23.7 Å². The number of imidazole rings is 1. The summed E-state index contributed by atoms with van der Waals surface area (Å²) in [6, 6.07) is 10.9. The Balaban J connectivity index is 1.59. The number of nitrogens with one attached hydrogen (secondary N) is 1. The first-order chi connectivity index (χ1) is 12.3. The molecule has 0 bridgehead atoms. The van der Waals surface area contributed by atoms with E-state index in [1.165, 1.54) is 32.4 Å². The molecule has 0 saturated carbocycles. The molecule has 4 rings (SSSR count). The summed E-state index contributed by atoms with van der Waals surface area (Å²) in [6.45, 7) is 5.70. The first kappa shape index (κ1) is 16.1. The fourth-order valence-electron chi connectivity index (χ4n) is 3.76. The Morgan fingerprint density at radius 3 is 2.68 bits per heavy atom. The van der Waals surface area contributed by atoms with Crippen LogP contribution >= 0.6 is 0 Å². The van der Waals surface area contributed by atoms with E-state index in [4.69, 9.17) is 0 Å². The number of hydrogen-bond acceptors (Lipinski definition) is 3. The van der Waals surface area contributed by atoms with Crippen LogP contribution in [0, 0.1) is 0 Å². The van der Waals surface area contributed by atoms with Gasteiger partial charge in [-0.3, -0.25) is 10.00 Å². The van der Waals surface area contributed by atoms with Crippen molar-refractivity contribution in [2.45, 2.75) is 38.8 Å². The molecule has 25 heavy (non-hydrogen) atoms. The molecule has 5 heteroatoms. The van der Waals surface area contributed by atoms with Crippen molar-refractivity contribution in [1.82, 2.24) is 24.6 Å². The van der Waals surface area contributed by atoms with E-state index in [0.29, 0.717) is 6.04 Å². The second-order valence-corrected chi connectivity index (χ2v) is 6.90. The Labute approximate surface area is 148 Å². The number of aromatic nitrogens is 4. The summed E-state index contributed by atoms with van der Waals surface area (Å²) in [6.07, 6.45) is 9.80. The highest BCUT2D eigenvalue weighted by Crippen LogP contribution is 2.30. The van der Waals surface area contributed by atoms with Crippen molar-refractivity contribution in [1.29, 1.82) is 0 Å². The third-order valence-electron chi connectivity index (χ3n) is 5.16. The van der Waals surface area contributed by atoms with E-state index in [1.54, 1.807) is 0 Å². The molecule has 5 nitrogen and oxygen atoms in total. The first-order valence-corrected chi connectivity index (χ1v) is 9.16. The minimum Gasteiger partial charge on any atom is -0.329 e. The highest BCUT2D eigenvalue weighted by atomic mass is 15.2. The molecule has 0 radical (unpaired) electrons. The van der Waals surface area contributed by atoms with Gasteiger partial charge in [0.05, 0.1) is 30.1 Å². The molecule has 1 fully saturated rings. The van der Waals surface area contributed by atoms with Crippen LogP contribution in [0.1, 0.15) is 26.2 Å². The van der Waals surface area contributed by atoms with E-state index in [2.05, 4.69) is 55.8 Å². The maximum Gasteiger partial charge on any atom is 0.0951 e. The van der Waals surface area contributed by atoms with Crippen LogP contribution in [-0.2, 0) is 6.54 Å². The molecule has 3 heterocycles. The third kappa shape index (κ3) is 3.37. The summed E-state index contributed by atoms with van der Waals surface area (Å²) in [5.74, 6) is 0. The zero-order valence-corrected chi connectivity index (χ0v) is 14.7. The van der Waals surface area contributed by atoms with Crippen molar-refractivity contribution >= 4 is 0 Å². The molecule has 1 saturated heterocycles. The van der Waals surface area contributed by atoms with Gasteiger partial charge in [0.25, 0.3) is 0 Å². The number of rotatable bonds is 5. The number of aromatic amines is 1. The lowest BCUT2D eigenvalue weighted by molar-refractivity contribution is 0.160. The normalized spacial score (nSPS) is 16.8. The van der Waals surface area contributed by atoms with Crippen LogP contribution in [0.15, 0.2) is 49.1 Å². The van der Waals surface area contributed by atoms with Crippen molar-refractivity contribution in [3.8, 4) is 22.5 Å². The third-order valence-corrected chi connectivity index (χ3v) is 5.16. The minimum atomic E-state index is 0.514. The number of likely N-dealkylation sites (tertiary alicyclic amines) is 1. The standard InChI is InChI=1S/C20H25N5/c1-16(24-10-6-3-7-11-24)14-25-15-21-13-19(25)18-12-22-23-20(18)17-8-4-2-5-9-17/h2,4-5,8-9,12-13,15-16H,3,6-7,10-11,14H2,1H3,(H,22,23)/t16-/m1/s1. The summed E-state index contributed by atoms with van der Waals surface area (Å²) in [5.41, 5.74) is 4.42. The molecule has 1 aromatic carbocycles. The molecule has 1 aliphatic heterocycles. The summed E-state index contributed by atoms with van der Waals surface area (Å²) in [5, 5.41) is 7.44. The maximum absolute atomic E-state index is 4.41. The number of nitrogens with zero attached hydrogens (tertiary/aromatic N) is 4. The van der Waals surface area contributed by atoms with Crippen molar-refractivity contribution in [2.75, 3.05) is 13.1 Å². The largest absolute Gasteiger partial charge is 0.329 e. The summed E-state index contributed by atoms with van der Waals surface area (Å²) in [7, 11) is 0. The topological polar surface area (TPSA) is 49.7 Å². The van der Waals surface area contributed by atoms with E-state index in [-0.39, 0.29) is 0 Å². The quantitative estimate of drug-likeness (QED) is 0.771. The second kappa shape index (κ2) is 7.23. The molecule has 0 spiro atoms. The predicted octanol–water partition coefficient (Wildman–Crippen LogP) is 3.81. The van der Waals surface area contributed by atoms with E-state index in [0.717, 1.165) is 29.1 Å². The highest BCUT2D eigenvalue weighted by molar-refractivity contribution is 5.78. The van der Waals surface area contributed by atoms with Gasteiger partial charge in [-0.1, -0.05) is 36.8 Å². The first-order valence-electron chi connectivity index (χ1n) is 9.16. The molecule has 1 N–H and O–H groups in total. The van der Waals surface area contributed by atoms with E-state index < -0.39 is 0 Å². The van der Waals surface area contributed by atoms with Crippen LogP contribution in [-0.4, -0.2) is 43.8 Å². The molecule has 130 valence electrons. The van der Waals surface area contributed by atoms with Crippen molar-refractivity contribution in [3.05, 3.63) is 49.1 Å². The van der Waals surface area contributed by atoms with Gasteiger partial charge in [0.15, 0.2) is 0 Å². The maximum atomic E-state index is 4.41. The van der Waals surface area contributed by atoms with Crippen LogP contribution in [0.2, 0.25) is 0 Å². The second-order valence-electron chi connectivity index (χ2n) is 6.90. The van der Waals surface area contributed by atoms with Crippen LogP contribution in [0.4, 0.5) is 0 Å². The Morgan fingerprint density at radius 2 is 1.88 bits per heavy atom. The van der Waals surface area contributed by atoms with E-state index in [9.17, 15) is 0 Å². The van der Waals surface area contributed by atoms with Gasteiger partial charge in [0.1, 0.15) is 0 Å². The smallest absolute Gasteiger partial charge is 0.0951 e. The van der Waals surface area contributed by atoms with Gasteiger partial charge in [-0.05, 0) is 32.9 Å². The average molecular weight is 335 g/mol. The molecular weight excluding hydrogens is 310 g/mol. The minimum absolute atomic E-state index is 0.514. The molecule has 0 aliphatic carbocycles. The van der Waals surface area contributed by atoms with Crippen molar-refractivity contribution < 1.29 is 0 Å². The zero-order valence-electron chi connectivity index (χ0n) is 14.7. The van der Waals surface area contributed by atoms with E-state index in [1.807, 2.05) is 24.8 Å². The molecular formula is C20H25N5. The van der Waals surface area contributed by atoms with Crippen LogP contribution in [0.25, 0.3) is 22.5 Å². The molecule has 0 amide bonds. The van der Waals surface area contributed by atoms with Crippen LogP contribution in [0.5, 0.6) is 0 Å². The lowest BCUT2D eigenvalue weighted by Crippen LogP contribution is -2.39. The Kier molecular flexibility index (Phi) is 4.65. The number of benzene rings is 1. The molecule has 0 unspecified atom stereocenters. The van der Waals surface area contributed by atoms with Gasteiger partial charge >= 0.3 is 0 Å². The lowest BCUT2D eigenvalue weighted by atomic mass is 10.1. The van der Waals surface area contributed by atoms with Gasteiger partial charge < -0.3 is 4.57 Å². The number of H-pyrrole nitrogens is 1. The van der Waals surface area contributed by atoms with Gasteiger partial charge in [-0.25, -0.2) is 4.98 Å². The Bertz CT molecular complexity index is 798. The van der Waals surface area contributed by atoms with Crippen molar-refractivity contribution in [2.24, 2.45) is 0 Å². The van der Waals surface area contributed by atoms with Gasteiger partial charge in [-0.15, -0.1) is 0 Å². The zero-order chi connectivity index (χ0) is 17.1. The van der Waals surface area contributed by atoms with Crippen LogP contribution < -0.4 is 0 Å². The number of hydrogen-bond donors (Lipinski definition) is 1. The average Bonchev–Trinajstić information content (AvgIpc) is 3.32. The molecule has 2 aromatic heterocycles. The Morgan fingerprint density at radius 1 is 1.08 bits per heavy atom. The fourth-order valence-corrected chi connectivity index (χ4v) is 3.76. The molecule has 1 aliphatic rings. The van der Waals surface area contributed by atoms with Crippen LogP contribution in [0.3, 0.4) is 0 Å². The van der Waals surface area contributed by atoms with Gasteiger partial charge in [0.2, 0.25) is 0 Å². The lowest BCUT2D eigenvalue weighted by Gasteiger charge is -2.32. The summed E-state index contributed by atoms with van der Waals surface area (Å²) < 4.78 is 2.26. The van der Waals surface area contributed by atoms with E-state index >= 15 is 0 Å². The number of piperidine rings is 1. The molecule has 3 aromatic rings. The molecule has 1 atom stereocenters. The van der Waals surface area contributed by atoms with Gasteiger partial charge in [-0.2, -0.15) is 5.10 Å². The summed E-state index contributed by atoms with van der Waals surface area (Å²) >= 11 is 0. The SMILES string of the molecule is C[C@H](Cn1cncc1-c1cn[nH]c1-c1ccccc1)N1CCCCC1. The van der Waals surface area contributed by atoms with Crippen molar-refractivity contribution in [3.63, 3.8) is 0 Å². The predicted molar refractivity (Wildman–Crippen MR) is 100 cm³/mol.